The van der Waals surface area contributed by atoms with Crippen molar-refractivity contribution in [1.29, 1.82) is 0 Å². The molecule has 2 unspecified atom stereocenters. The van der Waals surface area contributed by atoms with Gasteiger partial charge in [-0.3, -0.25) is 9.59 Å². The van der Waals surface area contributed by atoms with Crippen molar-refractivity contribution in [2.45, 2.75) is 238 Å². The maximum absolute atomic E-state index is 12.3. The van der Waals surface area contributed by atoms with E-state index < -0.39 is 12.1 Å². The number of unbranched alkanes of at least 4 members (excludes halogenated alkanes) is 25. The minimum atomic E-state index is -0.860. The van der Waals surface area contributed by atoms with Gasteiger partial charge in [-0.25, -0.2) is 0 Å². The van der Waals surface area contributed by atoms with Crippen LogP contribution in [0.4, 0.5) is 0 Å². The zero-order valence-electron chi connectivity index (χ0n) is 36.1. The van der Waals surface area contributed by atoms with Gasteiger partial charge in [0.25, 0.3) is 0 Å². The van der Waals surface area contributed by atoms with Gasteiger partial charge < -0.3 is 20.3 Å². The average molecular weight is 772 g/mol. The quantitative estimate of drug-likeness (QED) is 0.0326. The number of amides is 1. The molecule has 6 heteroatoms. The molecule has 0 aliphatic carbocycles. The predicted molar refractivity (Wildman–Crippen MR) is 236 cm³/mol. The lowest BCUT2D eigenvalue weighted by molar-refractivity contribution is -0.143. The molecule has 0 saturated carbocycles. The number of hydrogen-bond acceptors (Lipinski definition) is 5. The Morgan fingerprint density at radius 2 is 0.909 bits per heavy atom. The van der Waals surface area contributed by atoms with Crippen LogP contribution < -0.4 is 5.32 Å². The molecule has 0 fully saturated rings. The second-order valence-corrected chi connectivity index (χ2v) is 15.7. The van der Waals surface area contributed by atoms with E-state index in [2.05, 4.69) is 55.6 Å². The minimum absolute atomic E-state index is 0.0292. The van der Waals surface area contributed by atoms with Crippen LogP contribution in [0.2, 0.25) is 0 Å². The highest BCUT2D eigenvalue weighted by atomic mass is 16.5. The summed E-state index contributed by atoms with van der Waals surface area (Å²) >= 11 is 0. The number of esters is 1. The second kappa shape index (κ2) is 44.5. The molecular weight excluding hydrogens is 683 g/mol. The fourth-order valence-corrected chi connectivity index (χ4v) is 6.65. The number of carbonyl (C=O) groups is 2. The molecule has 320 valence electrons. The van der Waals surface area contributed by atoms with Gasteiger partial charge in [0.15, 0.2) is 0 Å². The molecule has 0 aliphatic heterocycles. The summed E-state index contributed by atoms with van der Waals surface area (Å²) in [5.74, 6) is -0.133. The van der Waals surface area contributed by atoms with Gasteiger partial charge in [0.2, 0.25) is 5.91 Å². The molecule has 0 aromatic carbocycles. The Labute approximate surface area is 340 Å². The summed E-state index contributed by atoms with van der Waals surface area (Å²) in [6.07, 6.45) is 53.9. The number of carbonyl (C=O) groups excluding carboxylic acids is 2. The molecule has 0 rings (SSSR count). The smallest absolute Gasteiger partial charge is 0.305 e. The summed E-state index contributed by atoms with van der Waals surface area (Å²) in [7, 11) is 0. The predicted octanol–water partition coefficient (Wildman–Crippen LogP) is 13.5. The maximum Gasteiger partial charge on any atom is 0.305 e. The first-order valence-corrected chi connectivity index (χ1v) is 23.4. The van der Waals surface area contributed by atoms with Crippen LogP contribution in [-0.2, 0) is 14.3 Å². The summed E-state index contributed by atoms with van der Waals surface area (Å²) in [4.78, 5) is 24.3. The molecular formula is C49H89NO5. The zero-order chi connectivity index (χ0) is 40.1. The first-order chi connectivity index (χ1) is 27.0. The van der Waals surface area contributed by atoms with Crippen LogP contribution in [0.3, 0.4) is 0 Å². The third-order valence-corrected chi connectivity index (χ3v) is 10.3. The number of aliphatic hydroxyl groups excluding tert-OH is 2. The van der Waals surface area contributed by atoms with Gasteiger partial charge in [0, 0.05) is 12.8 Å². The minimum Gasteiger partial charge on any atom is -0.466 e. The molecule has 0 bridgehead atoms. The molecule has 0 heterocycles. The normalized spacial score (nSPS) is 13.2. The number of aliphatic hydroxyl groups is 2. The Hall–Kier alpha value is -2.18. The van der Waals surface area contributed by atoms with Gasteiger partial charge in [-0.15, -0.1) is 0 Å². The average Bonchev–Trinajstić information content (AvgIpc) is 3.18. The van der Waals surface area contributed by atoms with Crippen LogP contribution in [0.25, 0.3) is 0 Å². The molecule has 55 heavy (non-hydrogen) atoms. The van der Waals surface area contributed by atoms with Crippen LogP contribution in [0.15, 0.2) is 48.6 Å². The van der Waals surface area contributed by atoms with Crippen molar-refractivity contribution in [3.63, 3.8) is 0 Å². The van der Waals surface area contributed by atoms with Crippen molar-refractivity contribution in [1.82, 2.24) is 5.32 Å². The molecule has 3 N–H and O–H groups in total. The molecule has 1 amide bonds. The van der Waals surface area contributed by atoms with E-state index in [4.69, 9.17) is 4.74 Å². The van der Waals surface area contributed by atoms with E-state index in [1.54, 1.807) is 6.08 Å². The topological polar surface area (TPSA) is 95.9 Å². The van der Waals surface area contributed by atoms with Crippen molar-refractivity contribution in [2.24, 2.45) is 0 Å². The summed E-state index contributed by atoms with van der Waals surface area (Å²) in [5, 5.41) is 22.8. The number of rotatable bonds is 42. The van der Waals surface area contributed by atoms with Crippen molar-refractivity contribution >= 4 is 11.9 Å². The van der Waals surface area contributed by atoms with Gasteiger partial charge in [-0.1, -0.05) is 172 Å². The third-order valence-electron chi connectivity index (χ3n) is 10.3. The van der Waals surface area contributed by atoms with Crippen LogP contribution >= 0.6 is 0 Å². The van der Waals surface area contributed by atoms with Crippen molar-refractivity contribution in [3.8, 4) is 0 Å². The second-order valence-electron chi connectivity index (χ2n) is 15.7. The summed E-state index contributed by atoms with van der Waals surface area (Å²) in [6, 6.07) is -0.647. The van der Waals surface area contributed by atoms with Gasteiger partial charge in [-0.2, -0.15) is 0 Å². The van der Waals surface area contributed by atoms with E-state index in [0.29, 0.717) is 19.4 Å². The number of allylic oxidation sites excluding steroid dienone is 7. The number of hydrogen-bond donors (Lipinski definition) is 3. The van der Waals surface area contributed by atoms with Gasteiger partial charge in [-0.05, 0) is 89.9 Å². The van der Waals surface area contributed by atoms with E-state index in [-0.39, 0.29) is 18.5 Å². The van der Waals surface area contributed by atoms with Gasteiger partial charge in [0.1, 0.15) is 0 Å². The van der Waals surface area contributed by atoms with Crippen molar-refractivity contribution < 1.29 is 24.5 Å². The largest absolute Gasteiger partial charge is 0.466 e. The standard InChI is InChI=1S/C49H89NO5/c1-3-5-7-9-11-13-14-15-16-17-20-23-27-31-35-39-43-49(54)55-44-40-36-32-28-24-21-18-19-22-26-30-34-38-42-48(53)50-46(45-51)47(52)41-37-33-29-25-12-10-8-6-4-2/h13-14,16-17,19,22,37,41,46-47,51-52H,3-12,15,18,20-21,23-36,38-40,42-45H2,1-2H3,(H,50,53)/b14-13-,17-16-,22-19-,41-37+. The van der Waals surface area contributed by atoms with Crippen molar-refractivity contribution in [3.05, 3.63) is 48.6 Å². The lowest BCUT2D eigenvalue weighted by Crippen LogP contribution is -2.45. The first-order valence-electron chi connectivity index (χ1n) is 23.4. The van der Waals surface area contributed by atoms with Crippen LogP contribution in [0, 0.1) is 0 Å². The molecule has 2 atom stereocenters. The van der Waals surface area contributed by atoms with E-state index in [9.17, 15) is 19.8 Å². The van der Waals surface area contributed by atoms with Crippen LogP contribution in [-0.4, -0.2) is 47.4 Å². The Morgan fingerprint density at radius 3 is 1.44 bits per heavy atom. The third kappa shape index (κ3) is 41.3. The fourth-order valence-electron chi connectivity index (χ4n) is 6.65. The molecule has 6 nitrogen and oxygen atoms in total. The Morgan fingerprint density at radius 1 is 0.509 bits per heavy atom. The fraction of sp³-hybridized carbons (Fsp3) is 0.796. The zero-order valence-corrected chi connectivity index (χ0v) is 36.1. The first kappa shape index (κ1) is 52.8. The maximum atomic E-state index is 12.3. The summed E-state index contributed by atoms with van der Waals surface area (Å²) in [5.41, 5.74) is 0. The SMILES string of the molecule is CCCCCC/C=C\C/C=C\CCCCCCCC(=O)OCCCCCCCC/C=C\CCCCCC(=O)NC(CO)C(O)/C=C/CCCCCCCCC. The number of nitrogens with one attached hydrogen (secondary N) is 1. The molecule has 0 aliphatic rings. The molecule has 0 saturated heterocycles. The van der Waals surface area contributed by atoms with Gasteiger partial charge in [0.05, 0.1) is 25.4 Å². The highest BCUT2D eigenvalue weighted by Crippen LogP contribution is 2.12. The lowest BCUT2D eigenvalue weighted by atomic mass is 10.1. The van der Waals surface area contributed by atoms with E-state index in [1.165, 1.54) is 116 Å². The van der Waals surface area contributed by atoms with Crippen LogP contribution in [0.1, 0.15) is 226 Å². The molecule has 0 radical (unpaired) electrons. The molecule has 0 aromatic rings. The van der Waals surface area contributed by atoms with E-state index >= 15 is 0 Å². The van der Waals surface area contributed by atoms with Gasteiger partial charge >= 0.3 is 5.97 Å². The Kier molecular flexibility index (Phi) is 42.8. The van der Waals surface area contributed by atoms with Crippen LogP contribution in [0.5, 0.6) is 0 Å². The van der Waals surface area contributed by atoms with Crippen molar-refractivity contribution in [2.75, 3.05) is 13.2 Å². The summed E-state index contributed by atoms with van der Waals surface area (Å²) < 4.78 is 5.44. The van der Waals surface area contributed by atoms with E-state index in [0.717, 1.165) is 83.5 Å². The highest BCUT2D eigenvalue weighted by Gasteiger charge is 2.17. The highest BCUT2D eigenvalue weighted by molar-refractivity contribution is 5.76. The number of ether oxygens (including phenoxy) is 1. The lowest BCUT2D eigenvalue weighted by Gasteiger charge is -2.19. The Bertz CT molecular complexity index is 942. The van der Waals surface area contributed by atoms with E-state index in [1.807, 2.05) is 6.08 Å². The monoisotopic (exact) mass is 772 g/mol. The molecule has 0 spiro atoms. The molecule has 0 aromatic heterocycles. The Balaban J connectivity index is 3.53. The summed E-state index contributed by atoms with van der Waals surface area (Å²) in [6.45, 7) is 4.78.